The van der Waals surface area contributed by atoms with Gasteiger partial charge in [-0.3, -0.25) is 9.59 Å². The van der Waals surface area contributed by atoms with Crippen LogP contribution >= 0.6 is 0 Å². The number of carbonyl (C=O) groups excluding carboxylic acids is 2. The predicted molar refractivity (Wildman–Crippen MR) is 237 cm³/mol. The molecule has 0 aliphatic carbocycles. The van der Waals surface area contributed by atoms with Crippen LogP contribution < -0.4 is 0 Å². The van der Waals surface area contributed by atoms with Crippen LogP contribution in [0.15, 0.2) is 97.2 Å². The molecule has 5 nitrogen and oxygen atoms in total. The Hall–Kier alpha value is -3.18. The smallest absolute Gasteiger partial charge is 0.306 e. The number of ether oxygens (including phenoxy) is 2. The lowest BCUT2D eigenvalue weighted by Gasteiger charge is -2.15. The normalized spacial score (nSPS) is 13.1. The van der Waals surface area contributed by atoms with Gasteiger partial charge in [0.15, 0.2) is 6.10 Å². The van der Waals surface area contributed by atoms with Crippen LogP contribution in [0.5, 0.6) is 0 Å². The highest BCUT2D eigenvalue weighted by Crippen LogP contribution is 2.13. The fraction of sp³-hybridized carbons (Fsp3) is 0.640. The zero-order valence-electron chi connectivity index (χ0n) is 35.4. The van der Waals surface area contributed by atoms with Crippen molar-refractivity contribution < 1.29 is 24.2 Å². The summed E-state index contributed by atoms with van der Waals surface area (Å²) in [7, 11) is 0. The number of unbranched alkanes of at least 4 members (excludes halogenated alkanes) is 15. The number of aliphatic hydroxyl groups is 1. The molecule has 0 aromatic rings. The average molecular weight is 763 g/mol. The van der Waals surface area contributed by atoms with Crippen LogP contribution in [0.3, 0.4) is 0 Å². The lowest BCUT2D eigenvalue weighted by Crippen LogP contribution is -2.28. The molecule has 0 radical (unpaired) electrons. The van der Waals surface area contributed by atoms with Gasteiger partial charge in [0.05, 0.1) is 6.61 Å². The maximum absolute atomic E-state index is 12.2. The maximum Gasteiger partial charge on any atom is 0.306 e. The van der Waals surface area contributed by atoms with Gasteiger partial charge in [0, 0.05) is 12.8 Å². The van der Waals surface area contributed by atoms with Crippen molar-refractivity contribution >= 4 is 11.9 Å². The second-order valence-corrected chi connectivity index (χ2v) is 14.4. The van der Waals surface area contributed by atoms with E-state index in [-0.39, 0.29) is 25.2 Å². The second kappa shape index (κ2) is 45.2. The van der Waals surface area contributed by atoms with E-state index in [0.717, 1.165) is 96.3 Å². The van der Waals surface area contributed by atoms with E-state index in [1.807, 2.05) is 0 Å². The van der Waals surface area contributed by atoms with Gasteiger partial charge >= 0.3 is 11.9 Å². The Labute approximate surface area is 338 Å². The molecular formula is C50H82O5. The van der Waals surface area contributed by atoms with Gasteiger partial charge in [-0.1, -0.05) is 182 Å². The van der Waals surface area contributed by atoms with Gasteiger partial charge in [-0.05, 0) is 89.9 Å². The summed E-state index contributed by atoms with van der Waals surface area (Å²) in [6.07, 6.45) is 63.3. The first-order valence-electron chi connectivity index (χ1n) is 22.3. The number of allylic oxidation sites excluding steroid dienone is 16. The third kappa shape index (κ3) is 43.4. The van der Waals surface area contributed by atoms with E-state index in [2.05, 4.69) is 111 Å². The molecule has 0 fully saturated rings. The molecule has 0 aromatic heterocycles. The standard InChI is InChI=1S/C50H82O5/c1-3-5-7-9-11-13-15-17-19-20-21-22-23-24-25-26-27-28-29-30-31-33-35-37-39-41-43-45-50(53)55-48(46-51)47-54-49(52)44-42-40-38-36-34-32-18-16-14-12-10-8-6-4-2/h5,7,10-13,16-19,21-22,24-25,27-28,48,51H,3-4,6,8-9,14-15,20,23,26,29-47H2,1-2H3/b7-5-,12-10-,13-11-,18-16-,19-17-,22-21-,25-24-,28-27-. The molecule has 5 heteroatoms. The highest BCUT2D eigenvalue weighted by molar-refractivity contribution is 5.70. The van der Waals surface area contributed by atoms with Crippen molar-refractivity contribution in [1.82, 2.24) is 0 Å². The van der Waals surface area contributed by atoms with E-state index in [9.17, 15) is 14.7 Å². The molecule has 0 saturated heterocycles. The van der Waals surface area contributed by atoms with Gasteiger partial charge < -0.3 is 14.6 Å². The number of carbonyl (C=O) groups is 2. The molecule has 0 amide bonds. The molecule has 55 heavy (non-hydrogen) atoms. The van der Waals surface area contributed by atoms with Gasteiger partial charge in [-0.15, -0.1) is 0 Å². The second-order valence-electron chi connectivity index (χ2n) is 14.4. The quantitative estimate of drug-likeness (QED) is 0.0383. The largest absolute Gasteiger partial charge is 0.462 e. The van der Waals surface area contributed by atoms with Crippen molar-refractivity contribution in [2.45, 2.75) is 193 Å². The minimum absolute atomic E-state index is 0.0821. The zero-order valence-corrected chi connectivity index (χ0v) is 35.4. The third-order valence-corrected chi connectivity index (χ3v) is 9.11. The Morgan fingerprint density at radius 2 is 0.782 bits per heavy atom. The highest BCUT2D eigenvalue weighted by atomic mass is 16.6. The first kappa shape index (κ1) is 51.8. The summed E-state index contributed by atoms with van der Waals surface area (Å²) >= 11 is 0. The molecule has 0 rings (SSSR count). The Bertz CT molecular complexity index is 1090. The topological polar surface area (TPSA) is 72.8 Å². The summed E-state index contributed by atoms with van der Waals surface area (Å²) in [4.78, 5) is 24.3. The van der Waals surface area contributed by atoms with Crippen molar-refractivity contribution in [2.75, 3.05) is 13.2 Å². The summed E-state index contributed by atoms with van der Waals surface area (Å²) in [6.45, 7) is 3.95. The summed E-state index contributed by atoms with van der Waals surface area (Å²) in [6, 6.07) is 0. The minimum atomic E-state index is -0.788. The van der Waals surface area contributed by atoms with E-state index in [1.54, 1.807) is 0 Å². The lowest BCUT2D eigenvalue weighted by atomic mass is 10.1. The summed E-state index contributed by atoms with van der Waals surface area (Å²) in [5.74, 6) is -0.624. The first-order chi connectivity index (χ1) is 27.1. The SMILES string of the molecule is CC/C=C\C/C=C\C/C=C\C/C=C\C/C=C\C/C=C\CCCCCCCCCCC(=O)OC(CO)COC(=O)CCCCCCC/C=C\C/C=C\CCCC. The number of hydrogen-bond acceptors (Lipinski definition) is 5. The van der Waals surface area contributed by atoms with E-state index in [4.69, 9.17) is 9.47 Å². The van der Waals surface area contributed by atoms with E-state index in [0.29, 0.717) is 12.8 Å². The molecule has 0 heterocycles. The number of hydrogen-bond donors (Lipinski definition) is 1. The van der Waals surface area contributed by atoms with Crippen LogP contribution in [0.1, 0.15) is 187 Å². The summed E-state index contributed by atoms with van der Waals surface area (Å²) in [5.41, 5.74) is 0. The first-order valence-corrected chi connectivity index (χ1v) is 22.3. The molecule has 0 saturated carbocycles. The minimum Gasteiger partial charge on any atom is -0.462 e. The predicted octanol–water partition coefficient (Wildman–Crippen LogP) is 14.5. The van der Waals surface area contributed by atoms with Gasteiger partial charge in [0.25, 0.3) is 0 Å². The van der Waals surface area contributed by atoms with Gasteiger partial charge in [-0.25, -0.2) is 0 Å². The number of esters is 2. The van der Waals surface area contributed by atoms with Gasteiger partial charge in [0.2, 0.25) is 0 Å². The van der Waals surface area contributed by atoms with Crippen LogP contribution in [0.2, 0.25) is 0 Å². The Kier molecular flexibility index (Phi) is 42.6. The van der Waals surface area contributed by atoms with Crippen LogP contribution in [0, 0.1) is 0 Å². The van der Waals surface area contributed by atoms with Gasteiger partial charge in [-0.2, -0.15) is 0 Å². The molecule has 1 atom stereocenters. The van der Waals surface area contributed by atoms with Crippen LogP contribution in [-0.4, -0.2) is 36.4 Å². The third-order valence-electron chi connectivity index (χ3n) is 9.11. The van der Waals surface area contributed by atoms with E-state index in [1.165, 1.54) is 64.2 Å². The molecular weight excluding hydrogens is 681 g/mol. The van der Waals surface area contributed by atoms with Crippen molar-refractivity contribution in [3.05, 3.63) is 97.2 Å². The van der Waals surface area contributed by atoms with Crippen LogP contribution in [-0.2, 0) is 19.1 Å². The Balaban J connectivity index is 3.61. The Morgan fingerprint density at radius 3 is 1.18 bits per heavy atom. The summed E-state index contributed by atoms with van der Waals surface area (Å²) in [5, 5.41) is 9.58. The van der Waals surface area contributed by atoms with Crippen LogP contribution in [0.25, 0.3) is 0 Å². The van der Waals surface area contributed by atoms with Crippen molar-refractivity contribution in [3.63, 3.8) is 0 Å². The molecule has 0 spiro atoms. The number of aliphatic hydroxyl groups excluding tert-OH is 1. The van der Waals surface area contributed by atoms with E-state index >= 15 is 0 Å². The maximum atomic E-state index is 12.2. The average Bonchev–Trinajstić information content (AvgIpc) is 3.19. The molecule has 312 valence electrons. The van der Waals surface area contributed by atoms with Crippen molar-refractivity contribution in [2.24, 2.45) is 0 Å². The summed E-state index contributed by atoms with van der Waals surface area (Å²) < 4.78 is 10.6. The van der Waals surface area contributed by atoms with Crippen molar-refractivity contribution in [1.29, 1.82) is 0 Å². The monoisotopic (exact) mass is 763 g/mol. The Morgan fingerprint density at radius 1 is 0.436 bits per heavy atom. The highest BCUT2D eigenvalue weighted by Gasteiger charge is 2.16. The van der Waals surface area contributed by atoms with Gasteiger partial charge in [0.1, 0.15) is 6.61 Å². The molecule has 0 aliphatic rings. The zero-order chi connectivity index (χ0) is 40.0. The number of rotatable bonds is 39. The fourth-order valence-corrected chi connectivity index (χ4v) is 5.75. The molecule has 0 aromatic carbocycles. The molecule has 0 bridgehead atoms. The van der Waals surface area contributed by atoms with E-state index < -0.39 is 6.10 Å². The lowest BCUT2D eigenvalue weighted by molar-refractivity contribution is -0.161. The van der Waals surface area contributed by atoms with Crippen molar-refractivity contribution in [3.8, 4) is 0 Å². The molecule has 1 unspecified atom stereocenters. The van der Waals surface area contributed by atoms with Crippen LogP contribution in [0.4, 0.5) is 0 Å². The fourth-order valence-electron chi connectivity index (χ4n) is 5.75. The molecule has 1 N–H and O–H groups in total. The molecule has 0 aliphatic heterocycles.